The van der Waals surface area contributed by atoms with Crippen molar-refractivity contribution in [2.75, 3.05) is 33.4 Å². The minimum absolute atomic E-state index is 0.0135. The van der Waals surface area contributed by atoms with E-state index in [1.807, 2.05) is 22.6 Å². The topological polar surface area (TPSA) is 68.6 Å². The number of fused-ring (bicyclic) bond motifs is 1. The van der Waals surface area contributed by atoms with Crippen LogP contribution >= 0.6 is 11.6 Å². The lowest BCUT2D eigenvalue weighted by Crippen LogP contribution is -2.36. The second kappa shape index (κ2) is 11.3. The van der Waals surface area contributed by atoms with Gasteiger partial charge in [-0.1, -0.05) is 11.6 Å². The van der Waals surface area contributed by atoms with E-state index in [0.717, 1.165) is 74.1 Å². The molecule has 1 saturated heterocycles. The smallest absolute Gasteiger partial charge is 0.210 e. The molecule has 1 aliphatic carbocycles. The summed E-state index contributed by atoms with van der Waals surface area (Å²) >= 11 is 6.54. The van der Waals surface area contributed by atoms with Gasteiger partial charge in [-0.3, -0.25) is 9.48 Å². The number of halogens is 1. The number of carbonyl (C=O) groups excluding carboxylic acids is 1. The van der Waals surface area contributed by atoms with Gasteiger partial charge in [-0.25, -0.2) is 0 Å². The molecule has 2 aliphatic rings. The summed E-state index contributed by atoms with van der Waals surface area (Å²) in [5.74, 6) is 0. The van der Waals surface area contributed by atoms with Gasteiger partial charge in [0.25, 0.3) is 0 Å². The second-order valence-corrected chi connectivity index (χ2v) is 8.80. The van der Waals surface area contributed by atoms with Gasteiger partial charge in [0, 0.05) is 44.8 Å². The van der Waals surface area contributed by atoms with Crippen molar-refractivity contribution in [2.45, 2.75) is 64.8 Å². The summed E-state index contributed by atoms with van der Waals surface area (Å²) in [5, 5.41) is 9.53. The molecule has 2 unspecified atom stereocenters. The van der Waals surface area contributed by atoms with E-state index in [9.17, 15) is 4.79 Å². The number of aromatic nitrogens is 2. The van der Waals surface area contributed by atoms with E-state index >= 15 is 0 Å². The standard InChI is InChI=1S/C18H24ClN3O2.C5H11NO/c1-12-18-16(19)9-14(13(2)21(11-23)15-5-6-15)10-17(18)22(20-12)7-4-8-24-3;1-5-4-6-2-3-7-5/h9-11,13,15H,4-8H2,1-3H3;5-6H,2-4H2,1H3. The molecule has 1 amide bonds. The minimum atomic E-state index is 0.0135. The van der Waals surface area contributed by atoms with Gasteiger partial charge in [-0.05, 0) is 57.7 Å². The zero-order valence-electron chi connectivity index (χ0n) is 19.1. The molecule has 1 saturated carbocycles. The summed E-state index contributed by atoms with van der Waals surface area (Å²) in [6.07, 6.45) is 4.46. The van der Waals surface area contributed by atoms with Crippen LogP contribution in [0.1, 0.15) is 50.4 Å². The summed E-state index contributed by atoms with van der Waals surface area (Å²) in [6, 6.07) is 4.49. The predicted molar refractivity (Wildman–Crippen MR) is 124 cm³/mol. The summed E-state index contributed by atoms with van der Waals surface area (Å²) in [4.78, 5) is 13.4. The number of nitrogens with zero attached hydrogens (tertiary/aromatic N) is 3. The average Bonchev–Trinajstić information content (AvgIpc) is 3.54. The van der Waals surface area contributed by atoms with Crippen LogP contribution in [0.3, 0.4) is 0 Å². The van der Waals surface area contributed by atoms with E-state index in [0.29, 0.717) is 23.8 Å². The quantitative estimate of drug-likeness (QED) is 0.490. The van der Waals surface area contributed by atoms with Crippen LogP contribution < -0.4 is 5.32 Å². The summed E-state index contributed by atoms with van der Waals surface area (Å²) in [6.45, 7) is 10.5. The number of methoxy groups -OCH3 is 1. The minimum Gasteiger partial charge on any atom is -0.385 e. The molecule has 1 aromatic carbocycles. The Labute approximate surface area is 190 Å². The third-order valence-electron chi connectivity index (χ3n) is 5.85. The molecule has 4 rings (SSSR count). The van der Waals surface area contributed by atoms with Crippen LogP contribution in [-0.4, -0.2) is 66.6 Å². The Morgan fingerprint density at radius 1 is 1.45 bits per heavy atom. The predicted octanol–water partition coefficient (Wildman–Crippen LogP) is 3.71. The zero-order chi connectivity index (χ0) is 22.4. The van der Waals surface area contributed by atoms with Crippen molar-refractivity contribution in [2.24, 2.45) is 0 Å². The van der Waals surface area contributed by atoms with Crippen LogP contribution in [0.25, 0.3) is 10.9 Å². The maximum absolute atomic E-state index is 11.5. The van der Waals surface area contributed by atoms with Gasteiger partial charge in [-0.15, -0.1) is 0 Å². The first-order valence-corrected chi connectivity index (χ1v) is 11.5. The van der Waals surface area contributed by atoms with Gasteiger partial charge in [0.2, 0.25) is 6.41 Å². The number of carbonyl (C=O) groups is 1. The van der Waals surface area contributed by atoms with Crippen molar-refractivity contribution in [3.63, 3.8) is 0 Å². The number of benzene rings is 1. The molecule has 0 bridgehead atoms. The fourth-order valence-corrected chi connectivity index (χ4v) is 4.32. The lowest BCUT2D eigenvalue weighted by atomic mass is 10.0. The molecule has 8 heteroatoms. The Bertz CT molecular complexity index is 862. The molecule has 2 heterocycles. The Balaban J connectivity index is 0.000000330. The molecule has 172 valence electrons. The molecule has 1 aromatic heterocycles. The van der Waals surface area contributed by atoms with Gasteiger partial charge >= 0.3 is 0 Å². The fraction of sp³-hybridized carbons (Fsp3) is 0.652. The molecule has 7 nitrogen and oxygen atoms in total. The number of amides is 1. The fourth-order valence-electron chi connectivity index (χ4n) is 3.96. The molecule has 1 aliphatic heterocycles. The van der Waals surface area contributed by atoms with E-state index in [1.165, 1.54) is 0 Å². The molecule has 2 fully saturated rings. The van der Waals surface area contributed by atoms with E-state index < -0.39 is 0 Å². The SMILES string of the molecule is CC1CNCCO1.COCCCn1nc(C)c2c(Cl)cc(C(C)N(C=O)C3CC3)cc21. The van der Waals surface area contributed by atoms with Crippen molar-refractivity contribution in [1.82, 2.24) is 20.0 Å². The lowest BCUT2D eigenvalue weighted by Gasteiger charge is -2.25. The third-order valence-corrected chi connectivity index (χ3v) is 6.15. The van der Waals surface area contributed by atoms with Crippen molar-refractivity contribution in [1.29, 1.82) is 0 Å². The molecule has 31 heavy (non-hydrogen) atoms. The van der Waals surface area contributed by atoms with Gasteiger partial charge in [0.15, 0.2) is 0 Å². The Hall–Kier alpha value is -1.67. The molecule has 0 radical (unpaired) electrons. The van der Waals surface area contributed by atoms with Crippen LogP contribution in [-0.2, 0) is 20.8 Å². The Morgan fingerprint density at radius 2 is 2.23 bits per heavy atom. The Morgan fingerprint density at radius 3 is 2.77 bits per heavy atom. The first-order chi connectivity index (χ1) is 15.0. The number of ether oxygens (including phenoxy) is 2. The molecule has 2 atom stereocenters. The highest BCUT2D eigenvalue weighted by atomic mass is 35.5. The number of hydrogen-bond donors (Lipinski definition) is 1. The number of nitrogens with one attached hydrogen (secondary N) is 1. The van der Waals surface area contributed by atoms with E-state index in [2.05, 4.69) is 30.3 Å². The molecule has 2 aromatic rings. The van der Waals surface area contributed by atoms with Gasteiger partial charge in [-0.2, -0.15) is 5.10 Å². The van der Waals surface area contributed by atoms with Crippen LogP contribution in [0.4, 0.5) is 0 Å². The zero-order valence-corrected chi connectivity index (χ0v) is 19.8. The van der Waals surface area contributed by atoms with Gasteiger partial charge in [0.05, 0.1) is 35.0 Å². The van der Waals surface area contributed by atoms with E-state index in [1.54, 1.807) is 7.11 Å². The average molecular weight is 451 g/mol. The number of rotatable bonds is 8. The highest BCUT2D eigenvalue weighted by Gasteiger charge is 2.32. The number of hydrogen-bond acceptors (Lipinski definition) is 5. The summed E-state index contributed by atoms with van der Waals surface area (Å²) < 4.78 is 12.3. The normalized spacial score (nSPS) is 19.6. The van der Waals surface area contributed by atoms with Crippen LogP contribution in [0.2, 0.25) is 5.02 Å². The highest BCUT2D eigenvalue weighted by Crippen LogP contribution is 2.36. The van der Waals surface area contributed by atoms with Crippen LogP contribution in [0.5, 0.6) is 0 Å². The molecular formula is C23H35ClN4O3. The second-order valence-electron chi connectivity index (χ2n) is 8.40. The lowest BCUT2D eigenvalue weighted by molar-refractivity contribution is -0.120. The van der Waals surface area contributed by atoms with E-state index in [-0.39, 0.29) is 6.04 Å². The van der Waals surface area contributed by atoms with Crippen molar-refractivity contribution >= 4 is 28.9 Å². The first-order valence-electron chi connectivity index (χ1n) is 11.2. The van der Waals surface area contributed by atoms with Crippen molar-refractivity contribution in [3.05, 3.63) is 28.4 Å². The number of aryl methyl sites for hydroxylation is 2. The Kier molecular flexibility index (Phi) is 8.72. The van der Waals surface area contributed by atoms with Crippen molar-refractivity contribution < 1.29 is 14.3 Å². The summed E-state index contributed by atoms with van der Waals surface area (Å²) in [7, 11) is 1.70. The third kappa shape index (κ3) is 6.19. The van der Waals surface area contributed by atoms with Gasteiger partial charge in [0.1, 0.15) is 0 Å². The molecular weight excluding hydrogens is 416 g/mol. The largest absolute Gasteiger partial charge is 0.385 e. The van der Waals surface area contributed by atoms with E-state index in [4.69, 9.17) is 21.1 Å². The summed E-state index contributed by atoms with van der Waals surface area (Å²) in [5.41, 5.74) is 3.01. The van der Waals surface area contributed by atoms with Gasteiger partial charge < -0.3 is 19.7 Å². The number of morpholine rings is 1. The monoisotopic (exact) mass is 450 g/mol. The first kappa shape index (κ1) is 24.0. The van der Waals surface area contributed by atoms with Crippen molar-refractivity contribution in [3.8, 4) is 0 Å². The molecule has 0 spiro atoms. The molecule has 1 N–H and O–H groups in total. The van der Waals surface area contributed by atoms with Crippen LogP contribution in [0, 0.1) is 6.92 Å². The van der Waals surface area contributed by atoms with Crippen LogP contribution in [0.15, 0.2) is 12.1 Å². The maximum atomic E-state index is 11.5. The maximum Gasteiger partial charge on any atom is 0.210 e. The highest BCUT2D eigenvalue weighted by molar-refractivity contribution is 6.35.